The van der Waals surface area contributed by atoms with Crippen molar-refractivity contribution in [3.05, 3.63) is 18.7 Å². The quantitative estimate of drug-likeness (QED) is 0.435. The molecule has 0 spiro atoms. The third-order valence-corrected chi connectivity index (χ3v) is 3.50. The number of hydrogen-bond acceptors (Lipinski definition) is 3. The molecule has 0 fully saturated rings. The summed E-state index contributed by atoms with van der Waals surface area (Å²) in [7, 11) is -5.40. The molecule has 25 heavy (non-hydrogen) atoms. The van der Waals surface area contributed by atoms with Gasteiger partial charge in [-0.1, -0.05) is 0 Å². The highest BCUT2D eigenvalue weighted by atomic mass is 32.2. The summed E-state index contributed by atoms with van der Waals surface area (Å²) in [5.41, 5.74) is 0. The second-order valence-electron chi connectivity index (χ2n) is 4.53. The number of nitrogens with zero attached hydrogens (tertiary/aromatic N) is 2. The van der Waals surface area contributed by atoms with Crippen molar-refractivity contribution in [1.82, 2.24) is 4.57 Å². The van der Waals surface area contributed by atoms with Crippen LogP contribution in [0.4, 0.5) is 39.5 Å². The Morgan fingerprint density at radius 2 is 1.44 bits per heavy atom. The Labute approximate surface area is 135 Å². The van der Waals surface area contributed by atoms with Crippen LogP contribution in [0, 0.1) is 0 Å². The molecule has 0 saturated heterocycles. The highest BCUT2D eigenvalue weighted by Crippen LogP contribution is 2.54. The van der Waals surface area contributed by atoms with Gasteiger partial charge in [0, 0.05) is 0 Å². The molecule has 0 radical (unpaired) electrons. The maximum absolute atomic E-state index is 12.2. The lowest BCUT2D eigenvalue weighted by molar-refractivity contribution is -0.671. The molecule has 15 heteroatoms. The molecule has 0 bridgehead atoms. The van der Waals surface area contributed by atoms with Gasteiger partial charge in [0.25, 0.3) is 0 Å². The van der Waals surface area contributed by atoms with Crippen molar-refractivity contribution in [2.45, 2.75) is 36.7 Å². The highest BCUT2D eigenvalue weighted by molar-refractivity contribution is 7.86. The normalized spacial score (nSPS) is 14.1. The van der Waals surface area contributed by atoms with Crippen LogP contribution in [0.1, 0.15) is 6.92 Å². The van der Waals surface area contributed by atoms with E-state index in [1.54, 1.807) is 0 Å². The second kappa shape index (κ2) is 7.01. The van der Waals surface area contributed by atoms with E-state index in [1.807, 2.05) is 17.8 Å². The first-order valence-electron chi connectivity index (χ1n) is 5.99. The number of aryl methyl sites for hydroxylation is 2. The fraction of sp³-hybridized carbons (Fsp3) is 0.700. The van der Waals surface area contributed by atoms with Gasteiger partial charge >= 0.3 is 23.3 Å². The minimum Gasteiger partial charge on any atom is -0.743 e. The van der Waals surface area contributed by atoms with Gasteiger partial charge in [0.15, 0.2) is 10.1 Å². The van der Waals surface area contributed by atoms with Gasteiger partial charge in [0.2, 0.25) is 6.33 Å². The summed E-state index contributed by atoms with van der Waals surface area (Å²) in [6, 6.07) is 0. The second-order valence-corrected chi connectivity index (χ2v) is 5.95. The number of alkyl halides is 9. The minimum absolute atomic E-state index is 1.06. The average Bonchev–Trinajstić information content (AvgIpc) is 2.82. The summed E-state index contributed by atoms with van der Waals surface area (Å²) in [5, 5.41) is -7.11. The summed E-state index contributed by atoms with van der Waals surface area (Å²) in [5.74, 6) is -14.8. The molecule has 0 N–H and O–H groups in total. The maximum Gasteiger partial charge on any atom is 0.460 e. The van der Waals surface area contributed by atoms with E-state index in [2.05, 4.69) is 24.0 Å². The first-order valence-corrected chi connectivity index (χ1v) is 7.40. The van der Waals surface area contributed by atoms with Crippen LogP contribution >= 0.6 is 0 Å². The molecule has 1 heterocycles. The Morgan fingerprint density at radius 3 is 1.64 bits per heavy atom. The molecule has 0 amide bonds. The number of hydrogen-bond donors (Lipinski definition) is 0. The van der Waals surface area contributed by atoms with Crippen LogP contribution in [0.3, 0.4) is 0 Å². The molecule has 5 nitrogen and oxygen atoms in total. The van der Waals surface area contributed by atoms with E-state index in [0.717, 1.165) is 6.54 Å². The topological polar surface area (TPSA) is 66.0 Å². The van der Waals surface area contributed by atoms with E-state index in [1.165, 1.54) is 0 Å². The zero-order chi connectivity index (χ0) is 20.5. The van der Waals surface area contributed by atoms with Crippen LogP contribution in [0.15, 0.2) is 18.7 Å². The molecular formula is C10H11F9N2O3S. The molecule has 0 unspecified atom stereocenters. The van der Waals surface area contributed by atoms with Crippen LogP contribution < -0.4 is 4.57 Å². The van der Waals surface area contributed by atoms with Gasteiger partial charge in [-0.25, -0.2) is 17.6 Å². The molecule has 148 valence electrons. The van der Waals surface area contributed by atoms with E-state index in [9.17, 15) is 52.5 Å². The molecular weight excluding hydrogens is 399 g/mol. The van der Waals surface area contributed by atoms with Gasteiger partial charge in [0.1, 0.15) is 12.4 Å². The van der Waals surface area contributed by atoms with Gasteiger partial charge in [-0.3, -0.25) is 0 Å². The van der Waals surface area contributed by atoms with E-state index in [-0.39, 0.29) is 0 Å². The van der Waals surface area contributed by atoms with Gasteiger partial charge in [-0.15, -0.1) is 0 Å². The summed E-state index contributed by atoms with van der Waals surface area (Å²) >= 11 is 0. The summed E-state index contributed by atoms with van der Waals surface area (Å²) in [6.45, 7) is 3.18. The van der Waals surface area contributed by atoms with Gasteiger partial charge in [-0.05, 0) is 6.92 Å². The molecule has 1 aromatic heterocycles. The molecule has 1 aromatic rings. The van der Waals surface area contributed by atoms with Crippen LogP contribution in [-0.4, -0.2) is 40.8 Å². The van der Waals surface area contributed by atoms with Crippen LogP contribution in [-0.2, 0) is 23.7 Å². The lowest BCUT2D eigenvalue weighted by Gasteiger charge is -2.34. The largest absolute Gasteiger partial charge is 0.743 e. The lowest BCUT2D eigenvalue weighted by Crippen LogP contribution is -2.63. The Hall–Kier alpha value is -1.51. The number of aromatic nitrogens is 2. The van der Waals surface area contributed by atoms with Crippen LogP contribution in [0.25, 0.3) is 0 Å². The summed E-state index contributed by atoms with van der Waals surface area (Å²) in [6.07, 6.45) is -1.02. The molecule has 0 aliphatic heterocycles. The number of rotatable bonds is 4. The van der Waals surface area contributed by atoms with Gasteiger partial charge < -0.3 is 4.55 Å². The van der Waals surface area contributed by atoms with Crippen molar-refractivity contribution in [3.8, 4) is 0 Å². The fourth-order valence-electron chi connectivity index (χ4n) is 1.21. The first kappa shape index (κ1) is 23.5. The molecule has 1 rings (SSSR count). The minimum atomic E-state index is -7.43. The van der Waals surface area contributed by atoms with Crippen molar-refractivity contribution in [2.24, 2.45) is 7.05 Å². The fourth-order valence-corrected chi connectivity index (χ4v) is 1.65. The number of imidazole rings is 1. The zero-order valence-corrected chi connectivity index (χ0v) is 13.2. The Bertz CT molecular complexity index is 682. The van der Waals surface area contributed by atoms with Gasteiger partial charge in [0.05, 0.1) is 13.6 Å². The third-order valence-electron chi connectivity index (χ3n) is 2.62. The van der Waals surface area contributed by atoms with Gasteiger partial charge in [-0.2, -0.15) is 39.5 Å². The Morgan fingerprint density at radius 1 is 1.00 bits per heavy atom. The monoisotopic (exact) mass is 410 g/mol. The zero-order valence-electron chi connectivity index (χ0n) is 12.4. The van der Waals surface area contributed by atoms with Crippen molar-refractivity contribution in [2.75, 3.05) is 0 Å². The Kier molecular flexibility index (Phi) is 6.59. The predicted molar refractivity (Wildman–Crippen MR) is 61.9 cm³/mol. The van der Waals surface area contributed by atoms with Crippen molar-refractivity contribution in [3.63, 3.8) is 0 Å². The maximum atomic E-state index is 12.2. The van der Waals surface area contributed by atoms with Crippen molar-refractivity contribution in [1.29, 1.82) is 0 Å². The van der Waals surface area contributed by atoms with Crippen LogP contribution in [0.2, 0.25) is 0 Å². The smallest absolute Gasteiger partial charge is 0.460 e. The van der Waals surface area contributed by atoms with E-state index in [0.29, 0.717) is 0 Å². The van der Waals surface area contributed by atoms with Crippen molar-refractivity contribution < 1.29 is 57.1 Å². The van der Waals surface area contributed by atoms with Crippen LogP contribution in [0.5, 0.6) is 0 Å². The van der Waals surface area contributed by atoms with Crippen molar-refractivity contribution >= 4 is 10.1 Å². The predicted octanol–water partition coefficient (Wildman–Crippen LogP) is 2.29. The lowest BCUT2D eigenvalue weighted by atomic mass is 10.1. The Balaban J connectivity index is 0.000000593. The molecule has 0 aliphatic rings. The average molecular weight is 410 g/mol. The van der Waals surface area contributed by atoms with E-state index >= 15 is 0 Å². The number of halogens is 9. The molecule has 0 saturated carbocycles. The van der Waals surface area contributed by atoms with E-state index < -0.39 is 33.4 Å². The standard InChI is InChI=1S/C6H11N2.C4HF9O3S/c1-3-8-5-4-7(2)6-8;5-1(6,3(9,10)11)2(7,8)4(12,13)17(14,15)16/h4-6H,3H2,1-2H3;(H,14,15,16)/q+1;/p-1. The summed E-state index contributed by atoms with van der Waals surface area (Å²) < 4.78 is 140. The third kappa shape index (κ3) is 4.56. The first-order chi connectivity index (χ1) is 10.8. The SMILES string of the molecule is CCn1cc[n+](C)c1.O=S(=O)([O-])C(F)(F)C(F)(F)C(F)(F)C(F)(F)F. The molecule has 0 atom stereocenters. The highest BCUT2D eigenvalue weighted by Gasteiger charge is 2.83. The molecule has 0 aliphatic carbocycles. The summed E-state index contributed by atoms with van der Waals surface area (Å²) in [4.78, 5) is 0. The van der Waals surface area contributed by atoms with E-state index in [4.69, 9.17) is 0 Å². The molecule has 0 aromatic carbocycles.